The van der Waals surface area contributed by atoms with Crippen LogP contribution in [-0.2, 0) is 11.3 Å². The van der Waals surface area contributed by atoms with Gasteiger partial charge in [0.05, 0.1) is 19.7 Å². The second-order valence-corrected chi connectivity index (χ2v) is 6.09. The average Bonchev–Trinajstić information content (AvgIpc) is 2.64. The van der Waals surface area contributed by atoms with E-state index in [0.29, 0.717) is 19.7 Å². The lowest BCUT2D eigenvalue weighted by Crippen LogP contribution is -2.45. The molecule has 26 heavy (non-hydrogen) atoms. The van der Waals surface area contributed by atoms with E-state index in [2.05, 4.69) is 17.2 Å². The third-order valence-electron chi connectivity index (χ3n) is 3.97. The van der Waals surface area contributed by atoms with Crippen molar-refractivity contribution in [1.29, 1.82) is 0 Å². The molecule has 0 aliphatic rings. The van der Waals surface area contributed by atoms with Crippen LogP contribution in [0.25, 0.3) is 0 Å². The minimum atomic E-state index is 0.109. The number of rotatable bonds is 10. The Hall–Kier alpha value is -2.24. The Morgan fingerprint density at radius 2 is 1.92 bits per heavy atom. The maximum Gasteiger partial charge on any atom is 0.242 e. The summed E-state index contributed by atoms with van der Waals surface area (Å²) < 4.78 is 5.68. The van der Waals surface area contributed by atoms with Crippen LogP contribution in [0, 0.1) is 0 Å². The third-order valence-corrected chi connectivity index (χ3v) is 3.97. The van der Waals surface area contributed by atoms with Crippen LogP contribution in [0.1, 0.15) is 39.7 Å². The van der Waals surface area contributed by atoms with Crippen molar-refractivity contribution in [3.63, 3.8) is 0 Å². The summed E-state index contributed by atoms with van der Waals surface area (Å²) in [6.45, 7) is 11.9. The van der Waals surface area contributed by atoms with E-state index in [-0.39, 0.29) is 5.91 Å². The average molecular weight is 363 g/mol. The quantitative estimate of drug-likeness (QED) is 0.514. The van der Waals surface area contributed by atoms with Gasteiger partial charge in [-0.05, 0) is 44.9 Å². The molecule has 0 aliphatic heterocycles. The Morgan fingerprint density at radius 1 is 1.19 bits per heavy atom. The second-order valence-electron chi connectivity index (χ2n) is 6.09. The molecule has 1 amide bonds. The van der Waals surface area contributed by atoms with E-state index in [9.17, 15) is 4.79 Å². The number of hydrogen-bond acceptors (Lipinski definition) is 3. The fourth-order valence-electron chi connectivity index (χ4n) is 2.54. The van der Waals surface area contributed by atoms with Gasteiger partial charge in [-0.3, -0.25) is 4.79 Å². The van der Waals surface area contributed by atoms with Crippen LogP contribution in [0.4, 0.5) is 0 Å². The van der Waals surface area contributed by atoms with Gasteiger partial charge in [0.2, 0.25) is 5.91 Å². The topological polar surface area (TPSA) is 57.2 Å². The lowest BCUT2D eigenvalue weighted by molar-refractivity contribution is -0.131. The molecule has 0 heterocycles. The third kappa shape index (κ3) is 7.33. The number of aliphatic imine (C=N–C) groups is 1. The summed E-state index contributed by atoms with van der Waals surface area (Å²) in [5.74, 6) is 1.71. The van der Waals surface area contributed by atoms with Gasteiger partial charge in [0.15, 0.2) is 5.96 Å². The highest BCUT2D eigenvalue weighted by molar-refractivity contribution is 5.86. The van der Waals surface area contributed by atoms with E-state index in [1.54, 1.807) is 0 Å². The highest BCUT2D eigenvalue weighted by Crippen LogP contribution is 2.14. The molecular weight excluding hydrogens is 328 g/mol. The molecule has 0 unspecified atom stereocenters. The number of guanidine groups is 1. The van der Waals surface area contributed by atoms with Gasteiger partial charge < -0.3 is 19.9 Å². The highest BCUT2D eigenvalue weighted by atomic mass is 16.5. The van der Waals surface area contributed by atoms with E-state index in [1.807, 2.05) is 61.9 Å². The minimum Gasteiger partial charge on any atom is -0.494 e. The maximum absolute atomic E-state index is 12.3. The van der Waals surface area contributed by atoms with Gasteiger partial charge in [-0.25, -0.2) is 4.99 Å². The molecule has 0 saturated heterocycles. The van der Waals surface area contributed by atoms with Gasteiger partial charge in [-0.2, -0.15) is 0 Å². The van der Waals surface area contributed by atoms with E-state index in [0.717, 1.165) is 43.3 Å². The van der Waals surface area contributed by atoms with Gasteiger partial charge >= 0.3 is 0 Å². The van der Waals surface area contributed by atoms with Crippen LogP contribution in [-0.4, -0.2) is 61.5 Å². The molecular formula is C20H34N4O2. The first-order valence-electron chi connectivity index (χ1n) is 9.54. The van der Waals surface area contributed by atoms with Crippen molar-refractivity contribution >= 4 is 11.9 Å². The van der Waals surface area contributed by atoms with Crippen LogP contribution in [0.2, 0.25) is 0 Å². The molecule has 0 fully saturated rings. The molecule has 6 nitrogen and oxygen atoms in total. The number of ether oxygens (including phenoxy) is 1. The zero-order valence-corrected chi connectivity index (χ0v) is 16.9. The minimum absolute atomic E-state index is 0.109. The van der Waals surface area contributed by atoms with Crippen LogP contribution < -0.4 is 10.1 Å². The number of benzene rings is 1. The summed E-state index contributed by atoms with van der Waals surface area (Å²) in [5, 5.41) is 3.26. The Morgan fingerprint density at radius 3 is 2.54 bits per heavy atom. The van der Waals surface area contributed by atoms with Crippen molar-refractivity contribution in [2.24, 2.45) is 4.99 Å². The predicted molar refractivity (Wildman–Crippen MR) is 108 cm³/mol. The van der Waals surface area contributed by atoms with E-state index >= 15 is 0 Å². The van der Waals surface area contributed by atoms with Gasteiger partial charge in [0.1, 0.15) is 5.75 Å². The summed E-state index contributed by atoms with van der Waals surface area (Å²) in [7, 11) is 1.89. The SMILES string of the molecule is CCCOc1cccc(CN=C(NCC)N(C)CC(=O)N(CC)CC)c1. The summed E-state index contributed by atoms with van der Waals surface area (Å²) in [5.41, 5.74) is 1.08. The number of nitrogens with one attached hydrogen (secondary N) is 1. The zero-order valence-electron chi connectivity index (χ0n) is 16.9. The number of amides is 1. The number of hydrogen-bond donors (Lipinski definition) is 1. The van der Waals surface area contributed by atoms with Crippen molar-refractivity contribution in [1.82, 2.24) is 15.1 Å². The number of nitrogens with zero attached hydrogens (tertiary/aromatic N) is 3. The second kappa shape index (κ2) is 12.2. The van der Waals surface area contributed by atoms with Gasteiger partial charge in [0.25, 0.3) is 0 Å². The smallest absolute Gasteiger partial charge is 0.242 e. The molecule has 0 radical (unpaired) electrons. The lowest BCUT2D eigenvalue weighted by Gasteiger charge is -2.25. The van der Waals surface area contributed by atoms with Gasteiger partial charge in [-0.15, -0.1) is 0 Å². The Kier molecular flexibility index (Phi) is 10.2. The van der Waals surface area contributed by atoms with Crippen molar-refractivity contribution in [2.75, 3.05) is 39.8 Å². The standard InChI is InChI=1S/C20H34N4O2/c1-6-13-26-18-12-10-11-17(14-18)15-22-20(21-7-2)23(5)16-19(25)24(8-3)9-4/h10-12,14H,6-9,13,15-16H2,1-5H3,(H,21,22). The van der Waals surface area contributed by atoms with Crippen LogP contribution >= 0.6 is 0 Å². The molecule has 1 aromatic carbocycles. The fraction of sp³-hybridized carbons (Fsp3) is 0.600. The zero-order chi connectivity index (χ0) is 19.4. The summed E-state index contributed by atoms with van der Waals surface area (Å²) in [6, 6.07) is 8.00. The highest BCUT2D eigenvalue weighted by Gasteiger charge is 2.14. The normalized spacial score (nSPS) is 11.2. The summed E-state index contributed by atoms with van der Waals surface area (Å²) in [6.07, 6.45) is 0.984. The first-order valence-corrected chi connectivity index (χ1v) is 9.54. The Balaban J connectivity index is 2.77. The largest absolute Gasteiger partial charge is 0.494 e. The molecule has 0 saturated carbocycles. The van der Waals surface area contributed by atoms with Gasteiger partial charge in [-0.1, -0.05) is 19.1 Å². The van der Waals surface area contributed by atoms with E-state index in [4.69, 9.17) is 4.74 Å². The molecule has 1 N–H and O–H groups in total. The maximum atomic E-state index is 12.3. The molecule has 146 valence electrons. The predicted octanol–water partition coefficient (Wildman–Crippen LogP) is 2.74. The molecule has 6 heteroatoms. The van der Waals surface area contributed by atoms with E-state index < -0.39 is 0 Å². The van der Waals surface area contributed by atoms with E-state index in [1.165, 1.54) is 0 Å². The monoisotopic (exact) mass is 362 g/mol. The van der Waals surface area contributed by atoms with Crippen LogP contribution in [0.15, 0.2) is 29.3 Å². The fourth-order valence-corrected chi connectivity index (χ4v) is 2.54. The molecule has 1 rings (SSSR count). The van der Waals surface area contributed by atoms with Crippen LogP contribution in [0.3, 0.4) is 0 Å². The van der Waals surface area contributed by atoms with Crippen molar-refractivity contribution < 1.29 is 9.53 Å². The van der Waals surface area contributed by atoms with Gasteiger partial charge in [0, 0.05) is 26.7 Å². The first kappa shape index (κ1) is 21.8. The molecule has 0 atom stereocenters. The lowest BCUT2D eigenvalue weighted by atomic mass is 10.2. The molecule has 0 bridgehead atoms. The van der Waals surface area contributed by atoms with Crippen molar-refractivity contribution in [2.45, 2.75) is 40.7 Å². The molecule has 0 aliphatic carbocycles. The summed E-state index contributed by atoms with van der Waals surface area (Å²) in [4.78, 5) is 20.7. The van der Waals surface area contributed by atoms with Crippen molar-refractivity contribution in [3.8, 4) is 5.75 Å². The van der Waals surface area contributed by atoms with Crippen LogP contribution in [0.5, 0.6) is 5.75 Å². The molecule has 1 aromatic rings. The Labute approximate surface area is 158 Å². The number of likely N-dealkylation sites (N-methyl/N-ethyl adjacent to an activating group) is 2. The molecule has 0 spiro atoms. The number of carbonyl (C=O) groups is 1. The Bertz CT molecular complexity index is 571. The summed E-state index contributed by atoms with van der Waals surface area (Å²) >= 11 is 0. The first-order chi connectivity index (χ1) is 12.5. The van der Waals surface area contributed by atoms with Crippen molar-refractivity contribution in [3.05, 3.63) is 29.8 Å². The molecule has 0 aromatic heterocycles. The number of carbonyl (C=O) groups excluding carboxylic acids is 1.